The van der Waals surface area contributed by atoms with Gasteiger partial charge in [-0.3, -0.25) is 0 Å². The Kier molecular flexibility index (Phi) is 4.22. The van der Waals surface area contributed by atoms with Crippen LogP contribution in [0.15, 0.2) is 40.9 Å². The Morgan fingerprint density at radius 3 is 2.58 bits per heavy atom. The molecule has 0 aliphatic rings. The maximum atomic E-state index is 13.6. The first-order valence-corrected chi connectivity index (χ1v) is 6.68. The topological polar surface area (TPSA) is 29.5 Å². The average molecular weight is 325 g/mol. The van der Waals surface area contributed by atoms with Crippen LogP contribution < -0.4 is 4.74 Å². The van der Waals surface area contributed by atoms with E-state index in [1.807, 2.05) is 6.92 Å². The lowest BCUT2D eigenvalue weighted by Crippen LogP contribution is -1.94. The highest BCUT2D eigenvalue weighted by Gasteiger charge is 2.09. The molecule has 2 aromatic carbocycles. The lowest BCUT2D eigenvalue weighted by Gasteiger charge is -2.11. The third kappa shape index (κ3) is 3.33. The van der Waals surface area contributed by atoms with Crippen LogP contribution in [0, 0.1) is 12.7 Å². The Labute approximate surface area is 120 Å². The first-order valence-electron chi connectivity index (χ1n) is 5.89. The molecular formula is C15H14BrFO2. The molecule has 0 aliphatic heterocycles. The summed E-state index contributed by atoms with van der Waals surface area (Å²) in [5.41, 5.74) is 1.69. The van der Waals surface area contributed by atoms with Gasteiger partial charge in [0.15, 0.2) is 11.6 Å². The van der Waals surface area contributed by atoms with Crippen molar-refractivity contribution in [2.75, 3.05) is 0 Å². The number of rotatable bonds is 3. The first kappa shape index (κ1) is 14.0. The molecule has 0 radical (unpaired) electrons. The number of hydrogen-bond donors (Lipinski definition) is 1. The minimum absolute atomic E-state index is 0.191. The summed E-state index contributed by atoms with van der Waals surface area (Å²) in [5.74, 6) is 0.304. The summed E-state index contributed by atoms with van der Waals surface area (Å²) in [7, 11) is 0. The van der Waals surface area contributed by atoms with Crippen molar-refractivity contribution in [3.63, 3.8) is 0 Å². The van der Waals surface area contributed by atoms with Gasteiger partial charge in [-0.25, -0.2) is 4.39 Å². The molecule has 2 nitrogen and oxygen atoms in total. The molecule has 2 rings (SSSR count). The molecule has 1 N–H and O–H groups in total. The Hall–Kier alpha value is -1.39. The van der Waals surface area contributed by atoms with Crippen LogP contribution in [0.3, 0.4) is 0 Å². The van der Waals surface area contributed by atoms with Crippen molar-refractivity contribution in [3.8, 4) is 11.5 Å². The van der Waals surface area contributed by atoms with E-state index >= 15 is 0 Å². The van der Waals surface area contributed by atoms with Gasteiger partial charge in [0, 0.05) is 4.47 Å². The number of aliphatic hydroxyl groups is 1. The van der Waals surface area contributed by atoms with Crippen LogP contribution in [0.1, 0.15) is 24.2 Å². The van der Waals surface area contributed by atoms with Gasteiger partial charge in [-0.15, -0.1) is 0 Å². The standard InChI is InChI=1S/C15H14BrFO2/c1-9-3-6-14(17)15(7-9)19-11-4-5-12(10(2)18)13(16)8-11/h3-8,10,18H,1-2H3/t10-/m0/s1. The number of aliphatic hydroxyl groups excluding tert-OH is 1. The van der Waals surface area contributed by atoms with Crippen molar-refractivity contribution >= 4 is 15.9 Å². The molecule has 2 aromatic rings. The number of ether oxygens (including phenoxy) is 1. The highest BCUT2D eigenvalue weighted by Crippen LogP contribution is 2.31. The van der Waals surface area contributed by atoms with Gasteiger partial charge in [-0.2, -0.15) is 0 Å². The predicted molar refractivity (Wildman–Crippen MR) is 76.0 cm³/mol. The molecular weight excluding hydrogens is 311 g/mol. The molecule has 0 saturated heterocycles. The molecule has 0 aliphatic carbocycles. The van der Waals surface area contributed by atoms with Crippen LogP contribution >= 0.6 is 15.9 Å². The van der Waals surface area contributed by atoms with Gasteiger partial charge < -0.3 is 9.84 Å². The lowest BCUT2D eigenvalue weighted by atomic mass is 10.1. The summed E-state index contributed by atoms with van der Waals surface area (Å²) in [6.45, 7) is 3.56. The van der Waals surface area contributed by atoms with Gasteiger partial charge in [-0.05, 0) is 49.2 Å². The summed E-state index contributed by atoms with van der Waals surface area (Å²) in [5, 5.41) is 9.53. The summed E-state index contributed by atoms with van der Waals surface area (Å²) in [4.78, 5) is 0. The van der Waals surface area contributed by atoms with Gasteiger partial charge in [0.2, 0.25) is 0 Å². The van der Waals surface area contributed by atoms with Crippen molar-refractivity contribution in [1.82, 2.24) is 0 Å². The normalized spacial score (nSPS) is 12.3. The van der Waals surface area contributed by atoms with Crippen LogP contribution in [0.4, 0.5) is 4.39 Å². The average Bonchev–Trinajstić information content (AvgIpc) is 2.33. The van der Waals surface area contributed by atoms with Gasteiger partial charge in [-0.1, -0.05) is 28.1 Å². The molecule has 0 aromatic heterocycles. The fourth-order valence-corrected chi connectivity index (χ4v) is 2.42. The zero-order chi connectivity index (χ0) is 14.0. The summed E-state index contributed by atoms with van der Waals surface area (Å²) < 4.78 is 19.8. The van der Waals surface area contributed by atoms with Crippen LogP contribution in [0.5, 0.6) is 11.5 Å². The highest BCUT2D eigenvalue weighted by molar-refractivity contribution is 9.10. The molecule has 0 unspecified atom stereocenters. The van der Waals surface area contributed by atoms with E-state index in [0.29, 0.717) is 5.75 Å². The number of hydrogen-bond acceptors (Lipinski definition) is 2. The van der Waals surface area contributed by atoms with E-state index in [2.05, 4.69) is 15.9 Å². The van der Waals surface area contributed by atoms with Crippen molar-refractivity contribution in [2.24, 2.45) is 0 Å². The highest BCUT2D eigenvalue weighted by atomic mass is 79.9. The van der Waals surface area contributed by atoms with Gasteiger partial charge in [0.25, 0.3) is 0 Å². The molecule has 0 heterocycles. The van der Waals surface area contributed by atoms with Gasteiger partial charge >= 0.3 is 0 Å². The van der Waals surface area contributed by atoms with E-state index in [-0.39, 0.29) is 5.75 Å². The van der Waals surface area contributed by atoms with Crippen LogP contribution in [-0.4, -0.2) is 5.11 Å². The predicted octanol–water partition coefficient (Wildman–Crippen LogP) is 4.74. The molecule has 0 fully saturated rings. The Morgan fingerprint density at radius 2 is 1.95 bits per heavy atom. The summed E-state index contributed by atoms with van der Waals surface area (Å²) >= 11 is 3.36. The maximum Gasteiger partial charge on any atom is 0.165 e. The van der Waals surface area contributed by atoms with Crippen molar-refractivity contribution in [3.05, 3.63) is 57.8 Å². The molecule has 1 atom stereocenters. The second kappa shape index (κ2) is 5.72. The van der Waals surface area contributed by atoms with Gasteiger partial charge in [0.1, 0.15) is 5.75 Å². The third-order valence-electron chi connectivity index (χ3n) is 2.74. The molecule has 0 spiro atoms. The zero-order valence-corrected chi connectivity index (χ0v) is 12.2. The van der Waals surface area contributed by atoms with Crippen molar-refractivity contribution < 1.29 is 14.2 Å². The second-order valence-electron chi connectivity index (χ2n) is 4.40. The SMILES string of the molecule is Cc1ccc(F)c(Oc2ccc([C@H](C)O)c(Br)c2)c1. The molecule has 0 saturated carbocycles. The minimum Gasteiger partial charge on any atom is -0.454 e. The zero-order valence-electron chi connectivity index (χ0n) is 10.7. The number of halogens is 2. The third-order valence-corrected chi connectivity index (χ3v) is 3.42. The van der Waals surface area contributed by atoms with Crippen molar-refractivity contribution in [2.45, 2.75) is 20.0 Å². The molecule has 100 valence electrons. The summed E-state index contributed by atoms with van der Waals surface area (Å²) in [6, 6.07) is 9.88. The number of aryl methyl sites for hydroxylation is 1. The fourth-order valence-electron chi connectivity index (χ4n) is 1.73. The molecule has 4 heteroatoms. The lowest BCUT2D eigenvalue weighted by molar-refractivity contribution is 0.198. The fraction of sp³-hybridized carbons (Fsp3) is 0.200. The molecule has 0 bridgehead atoms. The Bertz CT molecular complexity index is 597. The summed E-state index contributed by atoms with van der Waals surface area (Å²) in [6.07, 6.45) is -0.570. The van der Waals surface area contributed by atoms with Crippen LogP contribution in [0.25, 0.3) is 0 Å². The van der Waals surface area contributed by atoms with Gasteiger partial charge in [0.05, 0.1) is 6.10 Å². The van der Waals surface area contributed by atoms with E-state index < -0.39 is 11.9 Å². The van der Waals surface area contributed by atoms with E-state index in [9.17, 15) is 9.50 Å². The van der Waals surface area contributed by atoms with E-state index in [4.69, 9.17) is 4.74 Å². The maximum absolute atomic E-state index is 13.6. The monoisotopic (exact) mass is 324 g/mol. The minimum atomic E-state index is -0.570. The van der Waals surface area contributed by atoms with Crippen molar-refractivity contribution in [1.29, 1.82) is 0 Å². The Balaban J connectivity index is 2.29. The Morgan fingerprint density at radius 1 is 1.21 bits per heavy atom. The second-order valence-corrected chi connectivity index (χ2v) is 5.25. The van der Waals surface area contributed by atoms with Crippen LogP contribution in [-0.2, 0) is 0 Å². The van der Waals surface area contributed by atoms with E-state index in [1.54, 1.807) is 37.3 Å². The molecule has 0 amide bonds. The van der Waals surface area contributed by atoms with Crippen LogP contribution in [0.2, 0.25) is 0 Å². The largest absolute Gasteiger partial charge is 0.454 e. The number of benzene rings is 2. The van der Waals surface area contributed by atoms with E-state index in [1.165, 1.54) is 6.07 Å². The van der Waals surface area contributed by atoms with E-state index in [0.717, 1.165) is 15.6 Å². The molecule has 19 heavy (non-hydrogen) atoms. The first-order chi connectivity index (χ1) is 8.97. The quantitative estimate of drug-likeness (QED) is 0.883. The smallest absolute Gasteiger partial charge is 0.165 e.